The van der Waals surface area contributed by atoms with Gasteiger partial charge in [0.25, 0.3) is 0 Å². The molecule has 2 rings (SSSR count). The summed E-state index contributed by atoms with van der Waals surface area (Å²) in [6.07, 6.45) is 2.60. The summed E-state index contributed by atoms with van der Waals surface area (Å²) in [4.78, 5) is 9.00. The van der Waals surface area contributed by atoms with Crippen LogP contribution in [-0.2, 0) is 13.0 Å². The molecule has 0 atom stereocenters. The van der Waals surface area contributed by atoms with Crippen molar-refractivity contribution in [3.63, 3.8) is 0 Å². The lowest BCUT2D eigenvalue weighted by atomic mass is 10.1. The fraction of sp³-hybridized carbons (Fsp3) is 0.417. The van der Waals surface area contributed by atoms with Crippen molar-refractivity contribution in [2.75, 3.05) is 5.43 Å². The molecule has 96 valence electrons. The van der Waals surface area contributed by atoms with E-state index in [0.717, 1.165) is 29.9 Å². The molecule has 0 aromatic carbocycles. The van der Waals surface area contributed by atoms with Gasteiger partial charge in [-0.3, -0.25) is 4.68 Å². The average molecular weight is 246 g/mol. The van der Waals surface area contributed by atoms with Gasteiger partial charge in [-0.15, -0.1) is 0 Å². The molecule has 0 unspecified atom stereocenters. The highest BCUT2D eigenvalue weighted by molar-refractivity contribution is 5.56. The van der Waals surface area contributed by atoms with Crippen LogP contribution < -0.4 is 11.3 Å². The first-order valence-corrected chi connectivity index (χ1v) is 6.07. The number of hydrogen-bond donors (Lipinski definition) is 2. The van der Waals surface area contributed by atoms with Crippen LogP contribution in [0.15, 0.2) is 12.3 Å². The van der Waals surface area contributed by atoms with Crippen LogP contribution in [0.2, 0.25) is 0 Å². The van der Waals surface area contributed by atoms with Gasteiger partial charge in [0.15, 0.2) is 5.82 Å². The lowest BCUT2D eigenvalue weighted by Gasteiger charge is -2.11. The number of aryl methyl sites for hydroxylation is 2. The molecule has 0 amide bonds. The van der Waals surface area contributed by atoms with E-state index >= 15 is 0 Å². The zero-order chi connectivity index (χ0) is 13.1. The van der Waals surface area contributed by atoms with Crippen LogP contribution in [0.1, 0.15) is 25.1 Å². The van der Waals surface area contributed by atoms with E-state index in [1.807, 2.05) is 24.6 Å². The standard InChI is InChI=1S/C12H18N6/c1-4-9-8(3)15-12(16-11(9)17-13)10-6-7-14-18(10)5-2/h6-7H,4-5,13H2,1-3H3,(H,15,16,17). The lowest BCUT2D eigenvalue weighted by Crippen LogP contribution is -2.14. The van der Waals surface area contributed by atoms with E-state index < -0.39 is 0 Å². The van der Waals surface area contributed by atoms with Crippen molar-refractivity contribution in [1.29, 1.82) is 0 Å². The maximum atomic E-state index is 5.53. The first-order chi connectivity index (χ1) is 8.71. The number of aromatic nitrogens is 4. The van der Waals surface area contributed by atoms with E-state index in [1.54, 1.807) is 6.20 Å². The fourth-order valence-corrected chi connectivity index (χ4v) is 2.03. The summed E-state index contributed by atoms with van der Waals surface area (Å²) >= 11 is 0. The van der Waals surface area contributed by atoms with Crippen molar-refractivity contribution in [3.05, 3.63) is 23.5 Å². The fourth-order valence-electron chi connectivity index (χ4n) is 2.03. The van der Waals surface area contributed by atoms with Gasteiger partial charge in [0.1, 0.15) is 11.5 Å². The van der Waals surface area contributed by atoms with Crippen LogP contribution >= 0.6 is 0 Å². The van der Waals surface area contributed by atoms with Crippen LogP contribution in [0.25, 0.3) is 11.5 Å². The van der Waals surface area contributed by atoms with E-state index in [0.29, 0.717) is 11.6 Å². The summed E-state index contributed by atoms with van der Waals surface area (Å²) in [6.45, 7) is 6.84. The van der Waals surface area contributed by atoms with Crippen molar-refractivity contribution in [2.24, 2.45) is 5.84 Å². The first kappa shape index (κ1) is 12.5. The van der Waals surface area contributed by atoms with Gasteiger partial charge in [0.2, 0.25) is 0 Å². The van der Waals surface area contributed by atoms with Gasteiger partial charge in [-0.2, -0.15) is 5.10 Å². The van der Waals surface area contributed by atoms with E-state index in [-0.39, 0.29) is 0 Å². The third kappa shape index (κ3) is 2.06. The molecular formula is C12H18N6. The molecule has 18 heavy (non-hydrogen) atoms. The van der Waals surface area contributed by atoms with Gasteiger partial charge in [-0.05, 0) is 26.3 Å². The van der Waals surface area contributed by atoms with Crippen molar-refractivity contribution >= 4 is 5.82 Å². The quantitative estimate of drug-likeness (QED) is 0.631. The highest BCUT2D eigenvalue weighted by atomic mass is 15.3. The SMILES string of the molecule is CCc1c(C)nc(-c2ccnn2CC)nc1NN. The Morgan fingerprint density at radius 1 is 1.33 bits per heavy atom. The summed E-state index contributed by atoms with van der Waals surface area (Å²) < 4.78 is 1.86. The number of nitrogens with two attached hydrogens (primary N) is 1. The lowest BCUT2D eigenvalue weighted by molar-refractivity contribution is 0.663. The Bertz CT molecular complexity index is 545. The Kier molecular flexibility index (Phi) is 3.57. The highest BCUT2D eigenvalue weighted by Crippen LogP contribution is 2.21. The van der Waals surface area contributed by atoms with Crippen LogP contribution in [0.4, 0.5) is 5.82 Å². The van der Waals surface area contributed by atoms with Crippen molar-refractivity contribution in [3.8, 4) is 11.5 Å². The predicted molar refractivity (Wildman–Crippen MR) is 70.9 cm³/mol. The van der Waals surface area contributed by atoms with Crippen LogP contribution in [0, 0.1) is 6.92 Å². The minimum absolute atomic E-state index is 0.650. The Morgan fingerprint density at radius 3 is 2.72 bits per heavy atom. The van der Waals surface area contributed by atoms with Gasteiger partial charge in [-0.25, -0.2) is 15.8 Å². The van der Waals surface area contributed by atoms with Crippen molar-refractivity contribution in [2.45, 2.75) is 33.7 Å². The summed E-state index contributed by atoms with van der Waals surface area (Å²) in [7, 11) is 0. The van der Waals surface area contributed by atoms with Crippen LogP contribution in [0.3, 0.4) is 0 Å². The minimum Gasteiger partial charge on any atom is -0.308 e. The molecule has 2 aromatic heterocycles. The number of hydrazine groups is 1. The van der Waals surface area contributed by atoms with Gasteiger partial charge in [0.05, 0.1) is 0 Å². The van der Waals surface area contributed by atoms with Crippen LogP contribution in [-0.4, -0.2) is 19.7 Å². The summed E-state index contributed by atoms with van der Waals surface area (Å²) in [5, 5.41) is 4.22. The monoisotopic (exact) mass is 246 g/mol. The Balaban J connectivity index is 2.56. The van der Waals surface area contributed by atoms with Crippen molar-refractivity contribution in [1.82, 2.24) is 19.7 Å². The molecular weight excluding hydrogens is 228 g/mol. The molecule has 6 nitrogen and oxygen atoms in total. The number of anilines is 1. The summed E-state index contributed by atoms with van der Waals surface area (Å²) in [5.74, 6) is 6.86. The minimum atomic E-state index is 0.650. The Hall–Kier alpha value is -1.95. The molecule has 0 aliphatic heterocycles. The van der Waals surface area contributed by atoms with Gasteiger partial charge < -0.3 is 5.43 Å². The largest absolute Gasteiger partial charge is 0.308 e. The smallest absolute Gasteiger partial charge is 0.180 e. The number of hydrogen-bond acceptors (Lipinski definition) is 5. The Morgan fingerprint density at radius 2 is 2.11 bits per heavy atom. The van der Waals surface area contributed by atoms with E-state index in [4.69, 9.17) is 5.84 Å². The highest BCUT2D eigenvalue weighted by Gasteiger charge is 2.13. The molecule has 0 fully saturated rings. The second kappa shape index (κ2) is 5.14. The maximum Gasteiger partial charge on any atom is 0.180 e. The van der Waals surface area contributed by atoms with E-state index in [2.05, 4.69) is 27.4 Å². The molecule has 2 heterocycles. The molecule has 0 saturated carbocycles. The average Bonchev–Trinajstić information content (AvgIpc) is 2.85. The molecule has 0 aliphatic rings. The molecule has 0 bridgehead atoms. The van der Waals surface area contributed by atoms with E-state index in [9.17, 15) is 0 Å². The van der Waals surface area contributed by atoms with Crippen molar-refractivity contribution < 1.29 is 0 Å². The second-order valence-corrected chi connectivity index (χ2v) is 3.99. The number of nitrogen functional groups attached to an aromatic ring is 1. The molecule has 0 saturated heterocycles. The van der Waals surface area contributed by atoms with Gasteiger partial charge in [-0.1, -0.05) is 6.92 Å². The van der Waals surface area contributed by atoms with E-state index in [1.165, 1.54) is 0 Å². The summed E-state index contributed by atoms with van der Waals surface area (Å²) in [5.41, 5.74) is 5.54. The molecule has 0 aliphatic carbocycles. The molecule has 2 aromatic rings. The molecule has 6 heteroatoms. The number of nitrogens with zero attached hydrogens (tertiary/aromatic N) is 4. The molecule has 0 radical (unpaired) electrons. The van der Waals surface area contributed by atoms with Crippen LogP contribution in [0.5, 0.6) is 0 Å². The molecule has 3 N–H and O–H groups in total. The third-order valence-corrected chi connectivity index (χ3v) is 2.95. The third-order valence-electron chi connectivity index (χ3n) is 2.95. The predicted octanol–water partition coefficient (Wildman–Crippen LogP) is 1.52. The molecule has 0 spiro atoms. The Labute approximate surface area is 106 Å². The summed E-state index contributed by atoms with van der Waals surface area (Å²) in [6, 6.07) is 1.91. The van der Waals surface area contributed by atoms with Gasteiger partial charge >= 0.3 is 0 Å². The normalized spacial score (nSPS) is 10.7. The zero-order valence-corrected chi connectivity index (χ0v) is 10.9. The first-order valence-electron chi connectivity index (χ1n) is 6.07. The zero-order valence-electron chi connectivity index (χ0n) is 10.9. The van der Waals surface area contributed by atoms with Gasteiger partial charge in [0, 0.05) is 24.0 Å². The maximum absolute atomic E-state index is 5.53. The topological polar surface area (TPSA) is 81.7 Å². The number of rotatable bonds is 4. The second-order valence-electron chi connectivity index (χ2n) is 3.99. The number of nitrogens with one attached hydrogen (secondary N) is 1.